The van der Waals surface area contributed by atoms with Crippen molar-refractivity contribution in [3.05, 3.63) is 23.3 Å². The number of carbonyl (C=O) groups excluding carboxylic acids is 1. The average molecular weight is 318 g/mol. The van der Waals surface area contributed by atoms with Gasteiger partial charge in [-0.15, -0.1) is 0 Å². The largest absolute Gasteiger partial charge is 0.478 e. The molecule has 3 nitrogen and oxygen atoms in total. The molecule has 2 aliphatic carbocycles. The molecule has 1 saturated carbocycles. The van der Waals surface area contributed by atoms with Gasteiger partial charge in [-0.2, -0.15) is 0 Å². The van der Waals surface area contributed by atoms with E-state index in [1.807, 2.05) is 13.0 Å². The molecule has 0 amide bonds. The Morgan fingerprint density at radius 1 is 1.35 bits per heavy atom. The first-order valence-electron chi connectivity index (χ1n) is 8.71. The Morgan fingerprint density at radius 3 is 2.61 bits per heavy atom. The van der Waals surface area contributed by atoms with Crippen LogP contribution in [0.1, 0.15) is 66.7 Å². The van der Waals surface area contributed by atoms with E-state index >= 15 is 0 Å². The van der Waals surface area contributed by atoms with Gasteiger partial charge in [-0.1, -0.05) is 38.8 Å². The molecule has 0 radical (unpaired) electrons. The Labute approximate surface area is 139 Å². The van der Waals surface area contributed by atoms with Crippen molar-refractivity contribution in [1.29, 1.82) is 0 Å². The second-order valence-electron chi connectivity index (χ2n) is 8.51. The second kappa shape index (κ2) is 6.26. The normalized spacial score (nSPS) is 33.9. The van der Waals surface area contributed by atoms with Crippen molar-refractivity contribution in [2.24, 2.45) is 22.7 Å². The Balaban J connectivity index is 2.30. The summed E-state index contributed by atoms with van der Waals surface area (Å²) in [6, 6.07) is 0. The number of allylic oxidation sites excluding steroid dienone is 3. The molecule has 2 aliphatic rings. The summed E-state index contributed by atoms with van der Waals surface area (Å²) in [5, 5.41) is 8.90. The van der Waals surface area contributed by atoms with Crippen LogP contribution in [0.3, 0.4) is 0 Å². The standard InChI is InChI=1S/C20H30O3/c1-13(10-18(22)23)8-9-20(5)14(2)6-7-16-17(20)11-15(21)12-19(16,3)4/h10-11,14,16H,6-9,12H2,1-5H3,(H,22,23)/b13-10-/t14-,16-,20-/m0/s1. The molecule has 0 heterocycles. The first-order chi connectivity index (χ1) is 10.6. The van der Waals surface area contributed by atoms with Gasteiger partial charge in [0.2, 0.25) is 0 Å². The van der Waals surface area contributed by atoms with Crippen LogP contribution >= 0.6 is 0 Å². The van der Waals surface area contributed by atoms with Gasteiger partial charge in [0.25, 0.3) is 0 Å². The molecule has 0 unspecified atom stereocenters. The molecule has 0 aromatic rings. The van der Waals surface area contributed by atoms with Crippen molar-refractivity contribution in [2.75, 3.05) is 0 Å². The zero-order valence-electron chi connectivity index (χ0n) is 15.1. The minimum absolute atomic E-state index is 0.0100. The highest BCUT2D eigenvalue weighted by atomic mass is 16.4. The first kappa shape index (κ1) is 18.0. The summed E-state index contributed by atoms with van der Waals surface area (Å²) in [6.07, 6.45) is 7.88. The molecule has 128 valence electrons. The number of fused-ring (bicyclic) bond motifs is 1. The fourth-order valence-corrected chi connectivity index (χ4v) is 4.58. The molecule has 3 heteroatoms. The summed E-state index contributed by atoms with van der Waals surface area (Å²) in [6.45, 7) is 10.9. The molecule has 0 aromatic heterocycles. The summed E-state index contributed by atoms with van der Waals surface area (Å²) < 4.78 is 0. The minimum Gasteiger partial charge on any atom is -0.478 e. The number of hydrogen-bond acceptors (Lipinski definition) is 2. The Morgan fingerprint density at radius 2 is 2.00 bits per heavy atom. The summed E-state index contributed by atoms with van der Waals surface area (Å²) in [5.41, 5.74) is 2.24. The van der Waals surface area contributed by atoms with Gasteiger partial charge in [0.1, 0.15) is 0 Å². The van der Waals surface area contributed by atoms with E-state index in [0.717, 1.165) is 24.8 Å². The predicted octanol–water partition coefficient (Wildman–Crippen LogP) is 4.78. The van der Waals surface area contributed by atoms with E-state index in [2.05, 4.69) is 27.7 Å². The molecule has 2 rings (SSSR count). The van der Waals surface area contributed by atoms with Crippen LogP contribution in [0.25, 0.3) is 0 Å². The lowest BCUT2D eigenvalue weighted by Crippen LogP contribution is -2.44. The molecule has 3 atom stereocenters. The van der Waals surface area contributed by atoms with Gasteiger partial charge in [0.15, 0.2) is 5.78 Å². The van der Waals surface area contributed by atoms with Crippen LogP contribution < -0.4 is 0 Å². The lowest BCUT2D eigenvalue weighted by molar-refractivity contribution is -0.131. The zero-order chi connectivity index (χ0) is 17.4. The van der Waals surface area contributed by atoms with Crippen LogP contribution in [0, 0.1) is 22.7 Å². The monoisotopic (exact) mass is 318 g/mol. The van der Waals surface area contributed by atoms with E-state index in [-0.39, 0.29) is 16.6 Å². The SMILES string of the molecule is C/C(=C/C(=O)O)CC[C@]1(C)C2=CC(=O)CC(C)(C)[C@H]2CC[C@@H]1C. The second-order valence-corrected chi connectivity index (χ2v) is 8.51. The number of carbonyl (C=O) groups is 2. The van der Waals surface area contributed by atoms with Gasteiger partial charge >= 0.3 is 5.97 Å². The molecule has 0 aliphatic heterocycles. The lowest BCUT2D eigenvalue weighted by Gasteiger charge is -2.52. The molecule has 0 bridgehead atoms. The van der Waals surface area contributed by atoms with Crippen LogP contribution in [0.15, 0.2) is 23.3 Å². The molecule has 1 N–H and O–H groups in total. The van der Waals surface area contributed by atoms with E-state index in [1.54, 1.807) is 0 Å². The fraction of sp³-hybridized carbons (Fsp3) is 0.700. The predicted molar refractivity (Wildman–Crippen MR) is 92.1 cm³/mol. The Hall–Kier alpha value is -1.38. The molecule has 0 aromatic carbocycles. The van der Waals surface area contributed by atoms with Gasteiger partial charge in [-0.3, -0.25) is 4.79 Å². The minimum atomic E-state index is -0.879. The molecule has 1 fully saturated rings. The highest BCUT2D eigenvalue weighted by molar-refractivity contribution is 5.92. The van der Waals surface area contributed by atoms with E-state index in [9.17, 15) is 9.59 Å². The Bertz CT molecular complexity index is 567. The van der Waals surface area contributed by atoms with Gasteiger partial charge in [0.05, 0.1) is 0 Å². The molecular weight excluding hydrogens is 288 g/mol. The average Bonchev–Trinajstić information content (AvgIpc) is 2.39. The van der Waals surface area contributed by atoms with Crippen LogP contribution in [0.5, 0.6) is 0 Å². The third kappa shape index (κ3) is 3.59. The number of rotatable bonds is 4. The topological polar surface area (TPSA) is 54.4 Å². The van der Waals surface area contributed by atoms with E-state index in [0.29, 0.717) is 18.3 Å². The first-order valence-corrected chi connectivity index (χ1v) is 8.71. The highest BCUT2D eigenvalue weighted by Crippen LogP contribution is 2.57. The van der Waals surface area contributed by atoms with Crippen molar-refractivity contribution in [1.82, 2.24) is 0 Å². The maximum absolute atomic E-state index is 12.2. The van der Waals surface area contributed by atoms with Gasteiger partial charge in [-0.05, 0) is 61.3 Å². The van der Waals surface area contributed by atoms with Gasteiger partial charge in [0, 0.05) is 12.5 Å². The lowest BCUT2D eigenvalue weighted by atomic mass is 9.52. The number of hydrogen-bond donors (Lipinski definition) is 1. The van der Waals surface area contributed by atoms with Crippen molar-refractivity contribution in [3.8, 4) is 0 Å². The third-order valence-electron chi connectivity index (χ3n) is 6.31. The number of carboxylic acids is 1. The molecule has 0 spiro atoms. The number of ketones is 1. The van der Waals surface area contributed by atoms with Crippen molar-refractivity contribution in [2.45, 2.75) is 66.7 Å². The zero-order valence-corrected chi connectivity index (χ0v) is 15.1. The van der Waals surface area contributed by atoms with Crippen LogP contribution in [0.4, 0.5) is 0 Å². The molecule has 23 heavy (non-hydrogen) atoms. The maximum atomic E-state index is 12.2. The van der Waals surface area contributed by atoms with Crippen molar-refractivity contribution < 1.29 is 14.7 Å². The van der Waals surface area contributed by atoms with Gasteiger partial charge < -0.3 is 5.11 Å². The maximum Gasteiger partial charge on any atom is 0.328 e. The summed E-state index contributed by atoms with van der Waals surface area (Å²) in [4.78, 5) is 23.1. The number of carboxylic acid groups (broad SMARTS) is 1. The van der Waals surface area contributed by atoms with E-state index in [1.165, 1.54) is 18.1 Å². The van der Waals surface area contributed by atoms with E-state index in [4.69, 9.17) is 5.11 Å². The van der Waals surface area contributed by atoms with Crippen LogP contribution in [0.2, 0.25) is 0 Å². The highest BCUT2D eigenvalue weighted by Gasteiger charge is 2.49. The van der Waals surface area contributed by atoms with Crippen LogP contribution in [-0.2, 0) is 9.59 Å². The molecule has 0 saturated heterocycles. The molecular formula is C20H30O3. The smallest absolute Gasteiger partial charge is 0.328 e. The van der Waals surface area contributed by atoms with Crippen molar-refractivity contribution in [3.63, 3.8) is 0 Å². The summed E-state index contributed by atoms with van der Waals surface area (Å²) in [7, 11) is 0. The van der Waals surface area contributed by atoms with E-state index < -0.39 is 5.97 Å². The van der Waals surface area contributed by atoms with Gasteiger partial charge in [-0.25, -0.2) is 4.79 Å². The number of aliphatic carboxylic acids is 1. The Kier molecular flexibility index (Phi) is 4.89. The van der Waals surface area contributed by atoms with Crippen molar-refractivity contribution >= 4 is 11.8 Å². The summed E-state index contributed by atoms with van der Waals surface area (Å²) in [5.74, 6) is 0.365. The third-order valence-corrected chi connectivity index (χ3v) is 6.31. The van der Waals surface area contributed by atoms with Crippen LogP contribution in [-0.4, -0.2) is 16.9 Å². The summed E-state index contributed by atoms with van der Waals surface area (Å²) >= 11 is 0. The fourth-order valence-electron chi connectivity index (χ4n) is 4.58. The quantitative estimate of drug-likeness (QED) is 0.759.